The summed E-state index contributed by atoms with van der Waals surface area (Å²) in [7, 11) is -5.16. The number of thiol groups is 1. The topological polar surface area (TPSA) is 132 Å². The van der Waals surface area contributed by atoms with Gasteiger partial charge < -0.3 is 20.0 Å². The molecule has 4 N–H and O–H groups in total. The van der Waals surface area contributed by atoms with Crippen LogP contribution in [0.1, 0.15) is 19.8 Å². The molecular formula is C8H15O7PS. The van der Waals surface area contributed by atoms with Crippen LogP contribution < -0.4 is 0 Å². The van der Waals surface area contributed by atoms with Gasteiger partial charge in [-0.15, -0.1) is 0 Å². The molecule has 0 aliphatic rings. The number of rotatable bonds is 7. The van der Waals surface area contributed by atoms with E-state index in [4.69, 9.17) is 20.0 Å². The van der Waals surface area contributed by atoms with Crippen LogP contribution in [0.25, 0.3) is 0 Å². The maximum atomic E-state index is 11.3. The maximum Gasteiger partial charge on any atom is 0.344 e. The summed E-state index contributed by atoms with van der Waals surface area (Å²) in [6.07, 6.45) is 0.146. The van der Waals surface area contributed by atoms with Gasteiger partial charge in [0.1, 0.15) is 0 Å². The molecule has 0 bridgehead atoms. The number of hydrogen-bond acceptors (Lipinski definition) is 4. The van der Waals surface area contributed by atoms with Crippen molar-refractivity contribution in [3.05, 3.63) is 0 Å². The van der Waals surface area contributed by atoms with Crippen LogP contribution in [0, 0.1) is 5.92 Å². The first-order chi connectivity index (χ1) is 7.65. The summed E-state index contributed by atoms with van der Waals surface area (Å²) in [5, 5.41) is 15.3. The second kappa shape index (κ2) is 5.86. The average Bonchev–Trinajstić information content (AvgIpc) is 2.15. The molecule has 0 saturated carbocycles. The van der Waals surface area contributed by atoms with Crippen molar-refractivity contribution in [2.24, 2.45) is 5.92 Å². The van der Waals surface area contributed by atoms with Gasteiger partial charge in [0.25, 0.3) is 0 Å². The molecule has 0 amide bonds. The predicted octanol–water partition coefficient (Wildman–Crippen LogP) is 0.418. The molecular weight excluding hydrogens is 271 g/mol. The lowest BCUT2D eigenvalue weighted by Gasteiger charge is -2.33. The van der Waals surface area contributed by atoms with Gasteiger partial charge in [0.15, 0.2) is 5.16 Å². The molecule has 2 unspecified atom stereocenters. The lowest BCUT2D eigenvalue weighted by molar-refractivity contribution is -0.152. The first kappa shape index (κ1) is 16.4. The number of carboxylic acids is 2. The van der Waals surface area contributed by atoms with E-state index in [1.165, 1.54) is 0 Å². The molecule has 0 aliphatic heterocycles. The highest BCUT2D eigenvalue weighted by molar-refractivity contribution is 7.81. The van der Waals surface area contributed by atoms with Crippen LogP contribution >= 0.6 is 20.2 Å². The summed E-state index contributed by atoms with van der Waals surface area (Å²) in [4.78, 5) is 40.4. The molecule has 0 saturated heterocycles. The van der Waals surface area contributed by atoms with Crippen molar-refractivity contribution in [2.45, 2.75) is 24.9 Å². The summed E-state index contributed by atoms with van der Waals surface area (Å²) in [5.41, 5.74) is 0. The average molecular weight is 286 g/mol. The Balaban J connectivity index is 5.81. The third-order valence-corrected chi connectivity index (χ3v) is 5.03. The number of hydrogen-bond donors (Lipinski definition) is 5. The van der Waals surface area contributed by atoms with Crippen LogP contribution in [0.5, 0.6) is 0 Å². The molecule has 7 nitrogen and oxygen atoms in total. The standard InChI is InChI=1S/C8H15O7PS/c1-2-3-5(6(9)10)8(4-17,7(11)12)16(13,14)15/h5,17H,2-4H2,1H3,(H,9,10)(H,11,12)(H2,13,14,15). The fourth-order valence-corrected chi connectivity index (χ4v) is 3.59. The molecule has 2 atom stereocenters. The van der Waals surface area contributed by atoms with Crippen LogP contribution in [0.15, 0.2) is 0 Å². The Labute approximate surface area is 103 Å². The minimum absolute atomic E-state index is 0.146. The second-order valence-electron chi connectivity index (χ2n) is 3.61. The van der Waals surface area contributed by atoms with Crippen molar-refractivity contribution in [1.82, 2.24) is 0 Å². The lowest BCUT2D eigenvalue weighted by atomic mass is 9.89. The van der Waals surface area contributed by atoms with E-state index < -0.39 is 36.4 Å². The molecule has 0 spiro atoms. The van der Waals surface area contributed by atoms with Crippen LogP contribution in [0.4, 0.5) is 0 Å². The Hall–Kier alpha value is -0.560. The van der Waals surface area contributed by atoms with Crippen molar-refractivity contribution in [3.8, 4) is 0 Å². The highest BCUT2D eigenvalue weighted by Crippen LogP contribution is 2.56. The molecule has 0 aromatic carbocycles. The van der Waals surface area contributed by atoms with Crippen LogP contribution in [-0.2, 0) is 14.2 Å². The largest absolute Gasteiger partial charge is 0.481 e. The fourth-order valence-electron chi connectivity index (χ4n) is 1.60. The molecule has 0 aromatic heterocycles. The van der Waals surface area contributed by atoms with Crippen molar-refractivity contribution in [1.29, 1.82) is 0 Å². The molecule has 0 heterocycles. The molecule has 100 valence electrons. The summed E-state index contributed by atoms with van der Waals surface area (Å²) in [5.74, 6) is -5.82. The summed E-state index contributed by atoms with van der Waals surface area (Å²) >= 11 is 3.62. The quantitative estimate of drug-likeness (QED) is 0.338. The Morgan fingerprint density at radius 1 is 1.35 bits per heavy atom. The molecule has 0 radical (unpaired) electrons. The van der Waals surface area contributed by atoms with Crippen LogP contribution in [-0.4, -0.2) is 42.8 Å². The Bertz CT molecular complexity index is 352. The van der Waals surface area contributed by atoms with Crippen molar-refractivity contribution in [3.63, 3.8) is 0 Å². The number of aliphatic carboxylic acids is 2. The van der Waals surface area contributed by atoms with Gasteiger partial charge in [0, 0.05) is 5.75 Å². The van der Waals surface area contributed by atoms with Gasteiger partial charge in [0.05, 0.1) is 5.92 Å². The Morgan fingerprint density at radius 2 is 1.82 bits per heavy atom. The van der Waals surface area contributed by atoms with E-state index in [1.54, 1.807) is 6.92 Å². The van der Waals surface area contributed by atoms with E-state index in [1.807, 2.05) is 0 Å². The second-order valence-corrected chi connectivity index (χ2v) is 5.81. The van der Waals surface area contributed by atoms with Gasteiger partial charge >= 0.3 is 19.5 Å². The Kier molecular flexibility index (Phi) is 5.67. The van der Waals surface area contributed by atoms with Crippen molar-refractivity contribution < 1.29 is 34.2 Å². The highest BCUT2D eigenvalue weighted by Gasteiger charge is 2.60. The van der Waals surface area contributed by atoms with Gasteiger partial charge in [-0.25, -0.2) is 0 Å². The third kappa shape index (κ3) is 3.01. The van der Waals surface area contributed by atoms with Gasteiger partial charge in [0.2, 0.25) is 0 Å². The van der Waals surface area contributed by atoms with Gasteiger partial charge in [-0.3, -0.25) is 14.2 Å². The van der Waals surface area contributed by atoms with E-state index in [0.717, 1.165) is 0 Å². The van der Waals surface area contributed by atoms with E-state index in [2.05, 4.69) is 12.6 Å². The molecule has 0 fully saturated rings. The molecule has 0 aromatic rings. The molecule has 17 heavy (non-hydrogen) atoms. The predicted molar refractivity (Wildman–Crippen MR) is 62.3 cm³/mol. The van der Waals surface area contributed by atoms with Crippen LogP contribution in [0.2, 0.25) is 0 Å². The van der Waals surface area contributed by atoms with E-state index in [-0.39, 0.29) is 6.42 Å². The molecule has 0 rings (SSSR count). The summed E-state index contributed by atoms with van der Waals surface area (Å²) < 4.78 is 11.3. The van der Waals surface area contributed by atoms with Gasteiger partial charge in [-0.1, -0.05) is 13.3 Å². The zero-order valence-corrected chi connectivity index (χ0v) is 10.9. The lowest BCUT2D eigenvalue weighted by Crippen LogP contribution is -2.50. The zero-order valence-electron chi connectivity index (χ0n) is 9.11. The first-order valence-corrected chi connectivity index (χ1v) is 7.02. The number of carbonyl (C=O) groups is 2. The third-order valence-electron chi connectivity index (χ3n) is 2.58. The zero-order chi connectivity index (χ0) is 13.9. The van der Waals surface area contributed by atoms with E-state index in [9.17, 15) is 14.2 Å². The summed E-state index contributed by atoms with van der Waals surface area (Å²) in [6.45, 7) is 1.60. The normalized spacial score (nSPS) is 17.2. The first-order valence-electron chi connectivity index (χ1n) is 4.77. The molecule has 9 heteroatoms. The van der Waals surface area contributed by atoms with Crippen LogP contribution in [0.3, 0.4) is 0 Å². The van der Waals surface area contributed by atoms with E-state index in [0.29, 0.717) is 6.42 Å². The minimum Gasteiger partial charge on any atom is -0.481 e. The highest BCUT2D eigenvalue weighted by atomic mass is 32.1. The van der Waals surface area contributed by atoms with E-state index >= 15 is 0 Å². The molecule has 0 aliphatic carbocycles. The van der Waals surface area contributed by atoms with Gasteiger partial charge in [-0.05, 0) is 6.42 Å². The van der Waals surface area contributed by atoms with Gasteiger partial charge in [-0.2, -0.15) is 12.6 Å². The maximum absolute atomic E-state index is 11.3. The van der Waals surface area contributed by atoms with Crippen molar-refractivity contribution >= 4 is 32.2 Å². The SMILES string of the molecule is CCCC(C(=O)O)C(CS)(C(=O)O)P(=O)(O)O. The summed E-state index contributed by atoms with van der Waals surface area (Å²) in [6, 6.07) is 0. The monoisotopic (exact) mass is 286 g/mol. The fraction of sp³-hybridized carbons (Fsp3) is 0.750. The number of carboxylic acid groups (broad SMARTS) is 2. The Morgan fingerprint density at radius 3 is 2.00 bits per heavy atom. The minimum atomic E-state index is -5.16. The smallest absolute Gasteiger partial charge is 0.344 e. The van der Waals surface area contributed by atoms with Crippen molar-refractivity contribution in [2.75, 3.05) is 5.75 Å².